The number of hydrogen-bond donors (Lipinski definition) is 9. The maximum Gasteiger partial charge on any atom is 0.326 e. The van der Waals surface area contributed by atoms with E-state index < -0.39 is 60.2 Å². The summed E-state index contributed by atoms with van der Waals surface area (Å²) in [5.74, 6) is -4.98. The van der Waals surface area contributed by atoms with Crippen LogP contribution in [0.25, 0.3) is 10.9 Å². The summed E-state index contributed by atoms with van der Waals surface area (Å²) in [6.45, 7) is 0. The second-order valence-electron chi connectivity index (χ2n) is 9.68. The van der Waals surface area contributed by atoms with Crippen molar-refractivity contribution in [1.29, 1.82) is 0 Å². The standard InChI is InChI=1S/C28H33N5O8S/c29-19(11-15-5-7-17(34)8-6-15)25(37)33-23(14-42)27(39)32-22(12-16-13-30-20-4-2-1-3-18(16)20)26(38)31-21(28(40)41)9-10-24(35)36/h1-8,13,19,21-23,30,34,42H,9-12,14,29H2,(H,31,38)(H,32,39)(H,33,37)(H,35,36)(H,40,41). The number of fused-ring (bicyclic) bond motifs is 1. The first-order chi connectivity index (χ1) is 20.0. The first-order valence-electron chi connectivity index (χ1n) is 13.0. The Kier molecular flexibility index (Phi) is 11.3. The molecule has 42 heavy (non-hydrogen) atoms. The number of aliphatic carboxylic acids is 2. The molecule has 0 saturated carbocycles. The zero-order valence-electron chi connectivity index (χ0n) is 22.4. The quantitative estimate of drug-likeness (QED) is 0.110. The Bertz CT molecular complexity index is 1430. The van der Waals surface area contributed by atoms with Crippen molar-refractivity contribution >= 4 is 53.2 Å². The number of benzene rings is 2. The zero-order chi connectivity index (χ0) is 30.8. The number of phenols is 1. The normalized spacial score (nSPS) is 13.9. The Morgan fingerprint density at radius 1 is 0.833 bits per heavy atom. The monoisotopic (exact) mass is 599 g/mol. The molecule has 0 aliphatic heterocycles. The van der Waals surface area contributed by atoms with Gasteiger partial charge in [0.05, 0.1) is 6.04 Å². The maximum atomic E-state index is 13.3. The van der Waals surface area contributed by atoms with Crippen molar-refractivity contribution in [3.8, 4) is 5.75 Å². The molecule has 0 saturated heterocycles. The summed E-state index contributed by atoms with van der Waals surface area (Å²) >= 11 is 4.17. The molecule has 9 N–H and O–H groups in total. The number of rotatable bonds is 15. The van der Waals surface area contributed by atoms with Crippen LogP contribution in [0.3, 0.4) is 0 Å². The fraction of sp³-hybridized carbons (Fsp3) is 0.321. The summed E-state index contributed by atoms with van der Waals surface area (Å²) in [5.41, 5.74) is 8.15. The molecular formula is C28H33N5O8S. The number of aromatic hydroxyl groups is 1. The van der Waals surface area contributed by atoms with Gasteiger partial charge in [-0.15, -0.1) is 0 Å². The number of nitrogens with two attached hydrogens (primary N) is 1. The number of carboxylic acid groups (broad SMARTS) is 2. The van der Waals surface area contributed by atoms with Gasteiger partial charge in [0.25, 0.3) is 0 Å². The van der Waals surface area contributed by atoms with Gasteiger partial charge in [-0.05, 0) is 42.2 Å². The van der Waals surface area contributed by atoms with Gasteiger partial charge in [-0.3, -0.25) is 19.2 Å². The van der Waals surface area contributed by atoms with Gasteiger partial charge in [0, 0.05) is 35.7 Å². The van der Waals surface area contributed by atoms with Crippen LogP contribution in [0.4, 0.5) is 0 Å². The lowest BCUT2D eigenvalue weighted by molar-refractivity contribution is -0.143. The predicted octanol–water partition coefficient (Wildman–Crippen LogP) is 0.320. The molecule has 2 aromatic carbocycles. The number of aromatic nitrogens is 1. The Labute approximate surface area is 246 Å². The van der Waals surface area contributed by atoms with Crippen LogP contribution in [0.5, 0.6) is 5.75 Å². The van der Waals surface area contributed by atoms with Crippen molar-refractivity contribution in [1.82, 2.24) is 20.9 Å². The number of carbonyl (C=O) groups excluding carboxylic acids is 3. The largest absolute Gasteiger partial charge is 0.508 e. The summed E-state index contributed by atoms with van der Waals surface area (Å²) < 4.78 is 0. The van der Waals surface area contributed by atoms with E-state index in [2.05, 4.69) is 33.6 Å². The van der Waals surface area contributed by atoms with Crippen LogP contribution in [0.15, 0.2) is 54.7 Å². The molecule has 13 nitrogen and oxygen atoms in total. The van der Waals surface area contributed by atoms with Gasteiger partial charge in [-0.2, -0.15) is 12.6 Å². The van der Waals surface area contributed by atoms with Crippen LogP contribution < -0.4 is 21.7 Å². The van der Waals surface area contributed by atoms with Gasteiger partial charge in [-0.25, -0.2) is 4.79 Å². The van der Waals surface area contributed by atoms with Gasteiger partial charge in [0.15, 0.2) is 0 Å². The van der Waals surface area contributed by atoms with Crippen LogP contribution in [-0.2, 0) is 36.8 Å². The highest BCUT2D eigenvalue weighted by atomic mass is 32.1. The van der Waals surface area contributed by atoms with Crippen molar-refractivity contribution in [3.05, 3.63) is 65.9 Å². The van der Waals surface area contributed by atoms with Crippen LogP contribution in [0.2, 0.25) is 0 Å². The number of H-pyrrole nitrogens is 1. The first kappa shape index (κ1) is 32.0. The molecule has 4 atom stereocenters. The van der Waals surface area contributed by atoms with Crippen LogP contribution in [0, 0.1) is 0 Å². The minimum Gasteiger partial charge on any atom is -0.508 e. The van der Waals surface area contributed by atoms with Crippen LogP contribution in [-0.4, -0.2) is 79.9 Å². The van der Waals surface area contributed by atoms with E-state index in [1.165, 1.54) is 12.1 Å². The maximum absolute atomic E-state index is 13.3. The highest BCUT2D eigenvalue weighted by Gasteiger charge is 2.31. The number of para-hydroxylation sites is 1. The molecule has 0 spiro atoms. The molecule has 14 heteroatoms. The fourth-order valence-electron chi connectivity index (χ4n) is 4.25. The summed E-state index contributed by atoms with van der Waals surface area (Å²) in [6, 6.07) is 8.40. The minimum absolute atomic E-state index is 0.0412. The zero-order valence-corrected chi connectivity index (χ0v) is 23.3. The smallest absolute Gasteiger partial charge is 0.326 e. The van der Waals surface area contributed by atoms with E-state index in [0.29, 0.717) is 11.1 Å². The number of thiol groups is 1. The second-order valence-corrected chi connectivity index (χ2v) is 10.0. The number of carbonyl (C=O) groups is 5. The molecule has 3 aromatic rings. The number of hydrogen-bond acceptors (Lipinski definition) is 8. The van der Waals surface area contributed by atoms with E-state index in [4.69, 9.17) is 10.8 Å². The van der Waals surface area contributed by atoms with E-state index in [-0.39, 0.29) is 30.8 Å². The van der Waals surface area contributed by atoms with Crippen molar-refractivity contribution in [3.63, 3.8) is 0 Å². The third-order valence-corrected chi connectivity index (χ3v) is 6.90. The molecule has 3 rings (SSSR count). The fourth-order valence-corrected chi connectivity index (χ4v) is 4.51. The average Bonchev–Trinajstić information content (AvgIpc) is 3.36. The topological polar surface area (TPSA) is 224 Å². The van der Waals surface area contributed by atoms with Gasteiger partial charge in [0.1, 0.15) is 23.9 Å². The van der Waals surface area contributed by atoms with Gasteiger partial charge >= 0.3 is 11.9 Å². The lowest BCUT2D eigenvalue weighted by Crippen LogP contribution is -2.58. The first-order valence-corrected chi connectivity index (χ1v) is 13.7. The SMILES string of the molecule is NC(Cc1ccc(O)cc1)C(=O)NC(CS)C(=O)NC(Cc1c[nH]c2ccccc12)C(=O)NC(CCC(=O)O)C(=O)O. The highest BCUT2D eigenvalue weighted by Crippen LogP contribution is 2.19. The molecule has 0 fully saturated rings. The molecule has 3 amide bonds. The minimum atomic E-state index is -1.51. The molecular weight excluding hydrogens is 566 g/mol. The third kappa shape index (κ3) is 8.97. The van der Waals surface area contributed by atoms with Crippen molar-refractivity contribution < 1.29 is 39.3 Å². The molecule has 0 aliphatic rings. The Morgan fingerprint density at radius 2 is 1.45 bits per heavy atom. The summed E-state index contributed by atoms with van der Waals surface area (Å²) in [5, 5.41) is 36.1. The van der Waals surface area contributed by atoms with E-state index in [9.17, 15) is 34.2 Å². The summed E-state index contributed by atoms with van der Waals surface area (Å²) in [6.07, 6.45) is 0.899. The van der Waals surface area contributed by atoms with E-state index in [0.717, 1.165) is 10.9 Å². The summed E-state index contributed by atoms with van der Waals surface area (Å²) in [7, 11) is 0. The third-order valence-electron chi connectivity index (χ3n) is 6.54. The van der Waals surface area contributed by atoms with Crippen LogP contribution in [0.1, 0.15) is 24.0 Å². The van der Waals surface area contributed by atoms with Crippen molar-refractivity contribution in [2.75, 3.05) is 5.75 Å². The Morgan fingerprint density at radius 3 is 2.10 bits per heavy atom. The number of amides is 3. The second kappa shape index (κ2) is 14.9. The Hall–Kier alpha value is -4.56. The molecule has 1 aromatic heterocycles. The van der Waals surface area contributed by atoms with E-state index >= 15 is 0 Å². The van der Waals surface area contributed by atoms with Crippen molar-refractivity contribution in [2.45, 2.75) is 49.9 Å². The van der Waals surface area contributed by atoms with Gasteiger partial charge < -0.3 is 42.0 Å². The van der Waals surface area contributed by atoms with E-state index in [1.54, 1.807) is 24.4 Å². The summed E-state index contributed by atoms with van der Waals surface area (Å²) in [4.78, 5) is 65.0. The number of phenolic OH excluding ortho intramolecular Hbond substituents is 1. The van der Waals surface area contributed by atoms with Crippen molar-refractivity contribution in [2.24, 2.45) is 5.73 Å². The molecule has 1 heterocycles. The Balaban J connectivity index is 1.76. The molecule has 224 valence electrons. The van der Waals surface area contributed by atoms with E-state index in [1.807, 2.05) is 18.2 Å². The number of nitrogens with one attached hydrogen (secondary N) is 4. The molecule has 0 radical (unpaired) electrons. The number of carboxylic acids is 2. The average molecular weight is 600 g/mol. The molecule has 0 bridgehead atoms. The lowest BCUT2D eigenvalue weighted by Gasteiger charge is -2.24. The highest BCUT2D eigenvalue weighted by molar-refractivity contribution is 7.80. The van der Waals surface area contributed by atoms with Gasteiger partial charge in [0.2, 0.25) is 17.7 Å². The molecule has 0 aliphatic carbocycles. The molecule has 4 unspecified atom stereocenters. The van der Waals surface area contributed by atoms with Gasteiger partial charge in [-0.1, -0.05) is 30.3 Å². The number of aromatic amines is 1. The lowest BCUT2D eigenvalue weighted by atomic mass is 10.0. The predicted molar refractivity (Wildman–Crippen MR) is 156 cm³/mol. The van der Waals surface area contributed by atoms with Crippen LogP contribution >= 0.6 is 12.6 Å².